The monoisotopic (exact) mass is 204 g/mol. The first-order chi connectivity index (χ1) is 7.13. The van der Waals surface area contributed by atoms with Gasteiger partial charge in [0.15, 0.2) is 0 Å². The number of likely N-dealkylation sites (N-methyl/N-ethyl adjacent to an activating group) is 1. The molecule has 1 aromatic carbocycles. The van der Waals surface area contributed by atoms with Crippen LogP contribution in [0.15, 0.2) is 18.2 Å². The van der Waals surface area contributed by atoms with E-state index in [4.69, 9.17) is 0 Å². The van der Waals surface area contributed by atoms with Crippen LogP contribution in [-0.2, 0) is 11.2 Å². The molecule has 1 N–H and O–H groups in total. The number of anilines is 1. The molecule has 0 aromatic heterocycles. The maximum atomic E-state index is 11.7. The highest BCUT2D eigenvalue weighted by atomic mass is 16.2. The van der Waals surface area contributed by atoms with Gasteiger partial charge >= 0.3 is 0 Å². The molecule has 1 aliphatic heterocycles. The summed E-state index contributed by atoms with van der Waals surface area (Å²) < 4.78 is 0. The van der Waals surface area contributed by atoms with E-state index in [1.165, 1.54) is 11.9 Å². The summed E-state index contributed by atoms with van der Waals surface area (Å²) in [4.78, 5) is 24.3. The highest BCUT2D eigenvalue weighted by molar-refractivity contribution is 6.09. The van der Waals surface area contributed by atoms with Gasteiger partial charge < -0.3 is 5.32 Å². The van der Waals surface area contributed by atoms with Gasteiger partial charge in [-0.25, -0.2) is 0 Å². The predicted molar refractivity (Wildman–Crippen MR) is 56.8 cm³/mol. The number of benzene rings is 1. The molecular formula is C11H12N2O2. The van der Waals surface area contributed by atoms with Gasteiger partial charge in [0, 0.05) is 25.3 Å². The summed E-state index contributed by atoms with van der Waals surface area (Å²) in [5.74, 6) is -0.371. The highest BCUT2D eigenvalue weighted by Crippen LogP contribution is 2.22. The molecule has 1 aromatic rings. The molecule has 0 unspecified atom stereocenters. The van der Waals surface area contributed by atoms with Crippen molar-refractivity contribution in [3.05, 3.63) is 29.3 Å². The summed E-state index contributed by atoms with van der Waals surface area (Å²) in [7, 11) is 3.32. The summed E-state index contributed by atoms with van der Waals surface area (Å²) in [5.41, 5.74) is 2.34. The van der Waals surface area contributed by atoms with Crippen molar-refractivity contribution in [1.29, 1.82) is 0 Å². The Hall–Kier alpha value is -1.84. The third-order valence-corrected chi connectivity index (χ3v) is 2.64. The second kappa shape index (κ2) is 3.38. The van der Waals surface area contributed by atoms with Crippen molar-refractivity contribution in [3.63, 3.8) is 0 Å². The lowest BCUT2D eigenvalue weighted by molar-refractivity contribution is -0.127. The first-order valence-electron chi connectivity index (χ1n) is 4.75. The van der Waals surface area contributed by atoms with E-state index in [-0.39, 0.29) is 11.8 Å². The van der Waals surface area contributed by atoms with Gasteiger partial charge in [0.2, 0.25) is 5.91 Å². The van der Waals surface area contributed by atoms with Gasteiger partial charge in [0.1, 0.15) is 0 Å². The van der Waals surface area contributed by atoms with E-state index in [9.17, 15) is 9.59 Å². The molecule has 4 nitrogen and oxygen atoms in total. The van der Waals surface area contributed by atoms with Gasteiger partial charge in [-0.3, -0.25) is 14.5 Å². The Kier molecular flexibility index (Phi) is 2.19. The van der Waals surface area contributed by atoms with Crippen LogP contribution in [-0.4, -0.2) is 30.8 Å². The molecule has 0 bridgehead atoms. The quantitative estimate of drug-likeness (QED) is 0.691. The van der Waals surface area contributed by atoms with Crippen LogP contribution in [0.3, 0.4) is 0 Å². The number of fused-ring (bicyclic) bond motifs is 1. The third-order valence-electron chi connectivity index (χ3n) is 2.64. The largest absolute Gasteiger partial charge is 0.388 e. The van der Waals surface area contributed by atoms with Crippen molar-refractivity contribution >= 4 is 17.5 Å². The second-order valence-electron chi connectivity index (χ2n) is 3.56. The van der Waals surface area contributed by atoms with Crippen molar-refractivity contribution in [2.24, 2.45) is 0 Å². The first-order valence-corrected chi connectivity index (χ1v) is 4.75. The van der Waals surface area contributed by atoms with Gasteiger partial charge in [-0.15, -0.1) is 0 Å². The van der Waals surface area contributed by atoms with Crippen molar-refractivity contribution in [1.82, 2.24) is 4.90 Å². The zero-order chi connectivity index (χ0) is 11.0. The molecule has 2 rings (SSSR count). The summed E-state index contributed by atoms with van der Waals surface area (Å²) in [6.45, 7) is 0. The fourth-order valence-electron chi connectivity index (χ4n) is 1.68. The molecule has 0 saturated heterocycles. The average molecular weight is 204 g/mol. The number of carbonyl (C=O) groups excluding carboxylic acids is 2. The molecule has 1 aliphatic rings. The number of amides is 2. The molecule has 78 valence electrons. The molecule has 4 heteroatoms. The Balaban J connectivity index is 2.50. The topological polar surface area (TPSA) is 49.4 Å². The van der Waals surface area contributed by atoms with E-state index < -0.39 is 0 Å². The van der Waals surface area contributed by atoms with Crippen molar-refractivity contribution in [3.8, 4) is 0 Å². The molecule has 0 radical (unpaired) electrons. The average Bonchev–Trinajstić information content (AvgIpc) is 2.25. The van der Waals surface area contributed by atoms with Gasteiger partial charge in [0.05, 0.1) is 6.42 Å². The second-order valence-corrected chi connectivity index (χ2v) is 3.56. The Morgan fingerprint density at radius 1 is 1.33 bits per heavy atom. The third kappa shape index (κ3) is 1.48. The molecule has 0 fully saturated rings. The fraction of sp³-hybridized carbons (Fsp3) is 0.273. The molecular weight excluding hydrogens is 192 g/mol. The summed E-state index contributed by atoms with van der Waals surface area (Å²) in [6.07, 6.45) is 0.299. The number of hydrogen-bond donors (Lipinski definition) is 1. The minimum atomic E-state index is -0.219. The maximum Gasteiger partial charge on any atom is 0.260 e. The van der Waals surface area contributed by atoms with E-state index >= 15 is 0 Å². The molecule has 0 atom stereocenters. The SMILES string of the molecule is CNc1ccc2c(c1)CC(=O)N(C)C2=O. The van der Waals surface area contributed by atoms with Crippen LogP contribution in [0.5, 0.6) is 0 Å². The van der Waals surface area contributed by atoms with Crippen molar-refractivity contribution < 1.29 is 9.59 Å². The lowest BCUT2D eigenvalue weighted by atomic mass is 9.98. The van der Waals surface area contributed by atoms with Gasteiger partial charge in [0.25, 0.3) is 5.91 Å². The number of carbonyl (C=O) groups is 2. The van der Waals surface area contributed by atoms with Crippen molar-refractivity contribution in [2.45, 2.75) is 6.42 Å². The number of nitrogens with one attached hydrogen (secondary N) is 1. The lowest BCUT2D eigenvalue weighted by Crippen LogP contribution is -2.39. The molecule has 0 aliphatic carbocycles. The predicted octanol–water partition coefficient (Wildman–Crippen LogP) is 0.883. The van der Waals surface area contributed by atoms with Crippen LogP contribution >= 0.6 is 0 Å². The van der Waals surface area contributed by atoms with Crippen LogP contribution < -0.4 is 5.32 Å². The molecule has 1 heterocycles. The van der Waals surface area contributed by atoms with E-state index in [0.717, 1.165) is 11.3 Å². The maximum absolute atomic E-state index is 11.7. The summed E-state index contributed by atoms with van der Waals surface area (Å²) in [6, 6.07) is 5.44. The van der Waals surface area contributed by atoms with Crippen LogP contribution in [0.2, 0.25) is 0 Å². The van der Waals surface area contributed by atoms with E-state index in [1.54, 1.807) is 13.1 Å². The van der Waals surface area contributed by atoms with Crippen LogP contribution in [0.25, 0.3) is 0 Å². The minimum Gasteiger partial charge on any atom is -0.388 e. The lowest BCUT2D eigenvalue weighted by Gasteiger charge is -2.23. The Morgan fingerprint density at radius 3 is 2.73 bits per heavy atom. The molecule has 2 amide bonds. The zero-order valence-corrected chi connectivity index (χ0v) is 8.70. The van der Waals surface area contributed by atoms with Gasteiger partial charge in [-0.1, -0.05) is 0 Å². The van der Waals surface area contributed by atoms with Crippen molar-refractivity contribution in [2.75, 3.05) is 19.4 Å². The van der Waals surface area contributed by atoms with E-state index in [2.05, 4.69) is 5.32 Å². The number of hydrogen-bond acceptors (Lipinski definition) is 3. The van der Waals surface area contributed by atoms with Gasteiger partial charge in [-0.2, -0.15) is 0 Å². The molecule has 0 spiro atoms. The zero-order valence-electron chi connectivity index (χ0n) is 8.70. The number of nitrogens with zero attached hydrogens (tertiary/aromatic N) is 1. The molecule has 0 saturated carbocycles. The molecule has 15 heavy (non-hydrogen) atoms. The van der Waals surface area contributed by atoms with Crippen LogP contribution in [0, 0.1) is 0 Å². The Bertz CT molecular complexity index is 440. The summed E-state index contributed by atoms with van der Waals surface area (Å²) >= 11 is 0. The first kappa shape index (κ1) is 9.71. The van der Waals surface area contributed by atoms with E-state index in [0.29, 0.717) is 12.0 Å². The standard InChI is InChI=1S/C11H12N2O2/c1-12-8-3-4-9-7(5-8)6-10(14)13(2)11(9)15/h3-5,12H,6H2,1-2H3. The smallest absolute Gasteiger partial charge is 0.260 e. The van der Waals surface area contributed by atoms with Crippen LogP contribution in [0.4, 0.5) is 5.69 Å². The summed E-state index contributed by atoms with van der Waals surface area (Å²) in [5, 5.41) is 2.98. The number of rotatable bonds is 1. The van der Waals surface area contributed by atoms with Gasteiger partial charge in [-0.05, 0) is 23.8 Å². The highest BCUT2D eigenvalue weighted by Gasteiger charge is 2.27. The fourth-order valence-corrected chi connectivity index (χ4v) is 1.68. The van der Waals surface area contributed by atoms with Crippen LogP contribution in [0.1, 0.15) is 15.9 Å². The normalized spacial score (nSPS) is 15.2. The van der Waals surface area contributed by atoms with E-state index in [1.807, 2.05) is 12.1 Å². The minimum absolute atomic E-state index is 0.152. The Morgan fingerprint density at radius 2 is 2.07 bits per heavy atom. The number of imide groups is 1. The Labute approximate surface area is 87.9 Å².